The summed E-state index contributed by atoms with van der Waals surface area (Å²) in [6.07, 6.45) is -7.84. The molecule has 2 aliphatic heterocycles. The number of likely N-dealkylation sites (tertiary alicyclic amines) is 1. The first-order valence-corrected chi connectivity index (χ1v) is 8.94. The zero-order chi connectivity index (χ0) is 20.3. The molecule has 2 fully saturated rings. The number of esters is 1. The van der Waals surface area contributed by atoms with Crippen LogP contribution in [0.4, 0.5) is 22.0 Å². The number of nitrogens with zero attached hydrogens (tertiary/aromatic N) is 1. The second-order valence-electron chi connectivity index (χ2n) is 6.85. The van der Waals surface area contributed by atoms with E-state index in [4.69, 9.17) is 4.74 Å². The molecule has 0 bridgehead atoms. The first-order chi connectivity index (χ1) is 13.1. The lowest BCUT2D eigenvalue weighted by Gasteiger charge is -2.45. The van der Waals surface area contributed by atoms with Crippen molar-refractivity contribution in [3.05, 3.63) is 28.6 Å². The molecular weight excluding hydrogens is 409 g/mol. The fourth-order valence-corrected chi connectivity index (χ4v) is 4.72. The Kier molecular flexibility index (Phi) is 4.25. The monoisotopic (exact) mass is 421 g/mol. The third-order valence-corrected chi connectivity index (χ3v) is 5.92. The van der Waals surface area contributed by atoms with Gasteiger partial charge in [0.05, 0.1) is 11.8 Å². The first kappa shape index (κ1) is 18.9. The standard InChI is InChI=1S/C17H12F5NO4S/c18-14(19)12-9-3-8(27-17(20,21)22)1-2-10(9)28-13(12)15(25)23-5-16(6-23)4-11(24)26-7-16/h1-3,14H,4-7H2. The molecule has 0 saturated carbocycles. The molecule has 2 aromatic rings. The molecule has 1 spiro atoms. The van der Waals surface area contributed by atoms with Crippen LogP contribution in [0.1, 0.15) is 28.1 Å². The van der Waals surface area contributed by atoms with E-state index in [1.807, 2.05) is 0 Å². The van der Waals surface area contributed by atoms with E-state index in [9.17, 15) is 31.5 Å². The van der Waals surface area contributed by atoms with Gasteiger partial charge in [-0.15, -0.1) is 24.5 Å². The van der Waals surface area contributed by atoms with Gasteiger partial charge in [0.1, 0.15) is 17.2 Å². The maximum Gasteiger partial charge on any atom is 0.573 e. The van der Waals surface area contributed by atoms with Crippen LogP contribution in [0, 0.1) is 5.41 Å². The molecule has 4 rings (SSSR count). The summed E-state index contributed by atoms with van der Waals surface area (Å²) >= 11 is 0.790. The molecule has 0 aliphatic carbocycles. The number of thiophene rings is 1. The number of fused-ring (bicyclic) bond motifs is 1. The average Bonchev–Trinajstić information content (AvgIpc) is 3.12. The normalized spacial score (nSPS) is 18.6. The molecule has 150 valence electrons. The van der Waals surface area contributed by atoms with Crippen LogP contribution >= 0.6 is 11.3 Å². The highest BCUT2D eigenvalue weighted by Gasteiger charge is 2.52. The lowest BCUT2D eigenvalue weighted by atomic mass is 9.79. The molecule has 5 nitrogen and oxygen atoms in total. The van der Waals surface area contributed by atoms with Crippen molar-refractivity contribution in [2.24, 2.45) is 5.41 Å². The summed E-state index contributed by atoms with van der Waals surface area (Å²) in [6, 6.07) is 3.08. The minimum atomic E-state index is -4.96. The summed E-state index contributed by atoms with van der Waals surface area (Å²) in [5, 5.41) is -0.153. The second-order valence-corrected chi connectivity index (χ2v) is 7.90. The zero-order valence-electron chi connectivity index (χ0n) is 14.0. The van der Waals surface area contributed by atoms with Crippen LogP contribution in [0.5, 0.6) is 5.75 Å². The quantitative estimate of drug-likeness (QED) is 0.553. The number of rotatable bonds is 3. The van der Waals surface area contributed by atoms with E-state index in [1.165, 1.54) is 11.0 Å². The van der Waals surface area contributed by atoms with Gasteiger partial charge < -0.3 is 14.4 Å². The van der Waals surface area contributed by atoms with Crippen molar-refractivity contribution in [3.63, 3.8) is 0 Å². The van der Waals surface area contributed by atoms with Crippen molar-refractivity contribution in [1.29, 1.82) is 0 Å². The van der Waals surface area contributed by atoms with E-state index in [2.05, 4.69) is 4.74 Å². The van der Waals surface area contributed by atoms with E-state index in [-0.39, 0.29) is 47.0 Å². The molecule has 1 amide bonds. The van der Waals surface area contributed by atoms with Crippen molar-refractivity contribution in [2.75, 3.05) is 19.7 Å². The number of alkyl halides is 5. The Morgan fingerprint density at radius 1 is 1.29 bits per heavy atom. The van der Waals surface area contributed by atoms with Gasteiger partial charge in [0.2, 0.25) is 0 Å². The average molecular weight is 421 g/mol. The van der Waals surface area contributed by atoms with Crippen LogP contribution < -0.4 is 4.74 Å². The Morgan fingerprint density at radius 3 is 2.57 bits per heavy atom. The summed E-state index contributed by atoms with van der Waals surface area (Å²) < 4.78 is 73.5. The van der Waals surface area contributed by atoms with E-state index in [0.29, 0.717) is 0 Å². The molecular formula is C17H12F5NO4S. The number of hydrogen-bond acceptors (Lipinski definition) is 5. The summed E-state index contributed by atoms with van der Waals surface area (Å²) in [4.78, 5) is 25.1. The zero-order valence-corrected chi connectivity index (χ0v) is 14.8. The molecule has 11 heteroatoms. The van der Waals surface area contributed by atoms with E-state index in [1.54, 1.807) is 0 Å². The molecule has 1 aromatic carbocycles. The molecule has 1 aromatic heterocycles. The van der Waals surface area contributed by atoms with Gasteiger partial charge in [-0.05, 0) is 18.2 Å². The number of carbonyl (C=O) groups excluding carboxylic acids is 2. The predicted molar refractivity (Wildman–Crippen MR) is 87.4 cm³/mol. The summed E-state index contributed by atoms with van der Waals surface area (Å²) in [5.41, 5.74) is -1.08. The Labute approximate surface area is 158 Å². The topological polar surface area (TPSA) is 55.8 Å². The number of cyclic esters (lactones) is 1. The number of hydrogen-bond donors (Lipinski definition) is 0. The third kappa shape index (κ3) is 3.27. The van der Waals surface area contributed by atoms with Crippen LogP contribution in [0.15, 0.2) is 18.2 Å². The Bertz CT molecular complexity index is 964. The molecule has 0 radical (unpaired) electrons. The van der Waals surface area contributed by atoms with Gasteiger partial charge >= 0.3 is 12.3 Å². The summed E-state index contributed by atoms with van der Waals surface area (Å²) in [6.45, 7) is 0.593. The van der Waals surface area contributed by atoms with E-state index in [0.717, 1.165) is 23.5 Å². The number of carbonyl (C=O) groups is 2. The maximum atomic E-state index is 13.7. The van der Waals surface area contributed by atoms with Crippen molar-refractivity contribution in [2.45, 2.75) is 19.2 Å². The molecule has 2 aliphatic rings. The highest BCUT2D eigenvalue weighted by atomic mass is 32.1. The highest BCUT2D eigenvalue weighted by molar-refractivity contribution is 7.21. The largest absolute Gasteiger partial charge is 0.573 e. The van der Waals surface area contributed by atoms with Crippen molar-refractivity contribution in [3.8, 4) is 5.75 Å². The molecule has 0 atom stereocenters. The van der Waals surface area contributed by atoms with Gasteiger partial charge in [-0.3, -0.25) is 9.59 Å². The minimum Gasteiger partial charge on any atom is -0.465 e. The SMILES string of the molecule is O=C1CC2(CO1)CN(C(=O)c1sc3ccc(OC(F)(F)F)cc3c1C(F)F)C2. The van der Waals surface area contributed by atoms with Crippen LogP contribution in [-0.2, 0) is 9.53 Å². The molecule has 0 N–H and O–H groups in total. The fourth-order valence-electron chi connectivity index (χ4n) is 3.56. The Balaban J connectivity index is 1.64. The van der Waals surface area contributed by atoms with Crippen LogP contribution in [0.3, 0.4) is 0 Å². The lowest BCUT2D eigenvalue weighted by Crippen LogP contribution is -2.58. The molecule has 3 heterocycles. The number of amides is 1. The van der Waals surface area contributed by atoms with Gasteiger partial charge in [-0.1, -0.05) is 0 Å². The lowest BCUT2D eigenvalue weighted by molar-refractivity contribution is -0.274. The van der Waals surface area contributed by atoms with Gasteiger partial charge in [-0.2, -0.15) is 0 Å². The summed E-state index contributed by atoms with van der Waals surface area (Å²) in [5.74, 6) is -1.64. The fraction of sp³-hybridized carbons (Fsp3) is 0.412. The van der Waals surface area contributed by atoms with Crippen molar-refractivity contribution >= 4 is 33.3 Å². The van der Waals surface area contributed by atoms with Crippen LogP contribution in [0.2, 0.25) is 0 Å². The number of benzene rings is 1. The minimum absolute atomic E-state index is 0.153. The van der Waals surface area contributed by atoms with Crippen molar-refractivity contribution in [1.82, 2.24) is 4.90 Å². The summed E-state index contributed by atoms with van der Waals surface area (Å²) in [7, 11) is 0. The van der Waals surface area contributed by atoms with Crippen LogP contribution in [0.25, 0.3) is 10.1 Å². The van der Waals surface area contributed by atoms with Crippen LogP contribution in [-0.4, -0.2) is 42.8 Å². The predicted octanol–water partition coefficient (Wildman–Crippen LogP) is 4.13. The van der Waals surface area contributed by atoms with Gasteiger partial charge in [0.15, 0.2) is 0 Å². The Hall–Kier alpha value is -2.43. The third-order valence-electron chi connectivity index (χ3n) is 4.74. The Morgan fingerprint density at radius 2 is 2.00 bits per heavy atom. The number of halogens is 5. The highest BCUT2D eigenvalue weighted by Crippen LogP contribution is 2.44. The van der Waals surface area contributed by atoms with E-state index < -0.39 is 35.4 Å². The first-order valence-electron chi connectivity index (χ1n) is 8.12. The smallest absolute Gasteiger partial charge is 0.465 e. The molecule has 2 saturated heterocycles. The van der Waals surface area contributed by atoms with E-state index >= 15 is 0 Å². The molecule has 0 unspecified atom stereocenters. The van der Waals surface area contributed by atoms with Gasteiger partial charge in [-0.25, -0.2) is 8.78 Å². The van der Waals surface area contributed by atoms with Crippen molar-refractivity contribution < 1.29 is 41.0 Å². The maximum absolute atomic E-state index is 13.7. The van der Waals surface area contributed by atoms with Gasteiger partial charge in [0.25, 0.3) is 12.3 Å². The van der Waals surface area contributed by atoms with Gasteiger partial charge in [0, 0.05) is 28.7 Å². The molecule has 28 heavy (non-hydrogen) atoms. The number of ether oxygens (including phenoxy) is 2. The second kappa shape index (κ2) is 6.29.